The molecule has 0 saturated carbocycles. The molecule has 0 amide bonds. The Labute approximate surface area is 165 Å². The minimum Gasteiger partial charge on any atom is -0.463 e. The molecular weight excluding hydrogens is 368 g/mol. The van der Waals surface area contributed by atoms with E-state index >= 15 is 0 Å². The van der Waals surface area contributed by atoms with Gasteiger partial charge in [-0.25, -0.2) is 5.43 Å². The molecule has 4 rings (SSSR count). The van der Waals surface area contributed by atoms with Gasteiger partial charge in [0.15, 0.2) is 0 Å². The van der Waals surface area contributed by atoms with Crippen molar-refractivity contribution in [2.45, 2.75) is 13.8 Å². The second-order valence-electron chi connectivity index (χ2n) is 6.56. The summed E-state index contributed by atoms with van der Waals surface area (Å²) in [4.78, 5) is 16.8. The Kier molecular flexibility index (Phi) is 4.67. The predicted octanol–water partition coefficient (Wildman–Crippen LogP) is 4.38. The van der Waals surface area contributed by atoms with Crippen LogP contribution in [0.5, 0.6) is 0 Å². The predicted molar refractivity (Wildman–Crippen MR) is 110 cm³/mol. The van der Waals surface area contributed by atoms with Gasteiger partial charge in [-0.3, -0.25) is 4.79 Å². The highest BCUT2D eigenvalue weighted by Crippen LogP contribution is 2.25. The second kappa shape index (κ2) is 7.44. The molecule has 0 radical (unpaired) electrons. The number of fused-ring (bicyclic) bond motifs is 1. The zero-order valence-corrected chi connectivity index (χ0v) is 15.8. The number of aryl methyl sites for hydroxylation is 2. The Balaban J connectivity index is 1.61. The number of anilines is 1. The number of benzene rings is 2. The van der Waals surface area contributed by atoms with Gasteiger partial charge in [-0.05, 0) is 38.1 Å². The average Bonchev–Trinajstić information content (AvgIpc) is 3.14. The highest BCUT2D eigenvalue weighted by atomic mass is 16.4. The number of rotatable bonds is 4. The third kappa shape index (κ3) is 3.64. The fourth-order valence-electron chi connectivity index (χ4n) is 2.80. The molecule has 0 fully saturated rings. The lowest BCUT2D eigenvalue weighted by atomic mass is 10.1. The van der Waals surface area contributed by atoms with Gasteiger partial charge >= 0.3 is 0 Å². The maximum Gasteiger partial charge on any atom is 0.252 e. The van der Waals surface area contributed by atoms with E-state index in [-0.39, 0.29) is 22.6 Å². The molecule has 0 atom stereocenters. The van der Waals surface area contributed by atoms with Crippen LogP contribution in [-0.4, -0.2) is 11.2 Å². The molecule has 7 nitrogen and oxygen atoms in total. The van der Waals surface area contributed by atoms with Crippen LogP contribution < -0.4 is 10.9 Å². The fourth-order valence-corrected chi connectivity index (χ4v) is 2.80. The van der Waals surface area contributed by atoms with Crippen molar-refractivity contribution in [1.82, 2.24) is 4.98 Å². The number of hydrogen-bond donors (Lipinski definition) is 1. The highest BCUT2D eigenvalue weighted by molar-refractivity contribution is 5.86. The lowest BCUT2D eigenvalue weighted by Crippen LogP contribution is -2.08. The zero-order valence-electron chi connectivity index (χ0n) is 15.8. The van der Waals surface area contributed by atoms with Crippen molar-refractivity contribution in [3.8, 4) is 17.5 Å². The van der Waals surface area contributed by atoms with Crippen molar-refractivity contribution in [2.75, 3.05) is 5.43 Å². The zero-order chi connectivity index (χ0) is 20.4. The van der Waals surface area contributed by atoms with Crippen LogP contribution in [0, 0.1) is 25.2 Å². The van der Waals surface area contributed by atoms with Crippen molar-refractivity contribution in [3.63, 3.8) is 0 Å². The topological polar surface area (TPSA) is 104 Å². The molecule has 2 aromatic heterocycles. The molecular formula is C22H16N4O3. The normalized spacial score (nSPS) is 11.1. The van der Waals surface area contributed by atoms with E-state index < -0.39 is 0 Å². The van der Waals surface area contributed by atoms with Crippen molar-refractivity contribution in [2.24, 2.45) is 5.10 Å². The highest BCUT2D eigenvalue weighted by Gasteiger charge is 2.14. The molecule has 2 aromatic carbocycles. The number of oxazole rings is 1. The molecule has 0 unspecified atom stereocenters. The molecule has 0 saturated heterocycles. The number of nitriles is 1. The maximum absolute atomic E-state index is 12.6. The van der Waals surface area contributed by atoms with E-state index in [0.29, 0.717) is 16.9 Å². The first-order valence-corrected chi connectivity index (χ1v) is 8.84. The van der Waals surface area contributed by atoms with Crippen LogP contribution in [0.4, 0.5) is 5.88 Å². The Bertz CT molecular complexity index is 1330. The fraction of sp³-hybridized carbons (Fsp3) is 0.0909. The number of hydrazone groups is 1. The third-order valence-corrected chi connectivity index (χ3v) is 4.36. The molecule has 142 valence electrons. The smallest absolute Gasteiger partial charge is 0.252 e. The van der Waals surface area contributed by atoms with Crippen molar-refractivity contribution < 1.29 is 8.83 Å². The van der Waals surface area contributed by atoms with Gasteiger partial charge in [0.05, 0.1) is 17.2 Å². The molecule has 4 aromatic rings. The molecule has 0 bridgehead atoms. The SMILES string of the molecule is Cc1ccc(-c2nc(C#N)c(N/N=C\c3coc4ccc(C)cc4c3=O)o2)cc1. The van der Waals surface area contributed by atoms with Crippen LogP contribution in [-0.2, 0) is 0 Å². The number of hydrogen-bond acceptors (Lipinski definition) is 7. The summed E-state index contributed by atoms with van der Waals surface area (Å²) in [5.74, 6) is 0.403. The molecule has 0 spiro atoms. The molecule has 0 aliphatic carbocycles. The minimum absolute atomic E-state index is 0.0684. The van der Waals surface area contributed by atoms with E-state index in [9.17, 15) is 10.1 Å². The molecule has 1 N–H and O–H groups in total. The summed E-state index contributed by atoms with van der Waals surface area (Å²) < 4.78 is 11.1. The van der Waals surface area contributed by atoms with Crippen molar-refractivity contribution in [3.05, 3.63) is 81.3 Å². The number of aromatic nitrogens is 1. The van der Waals surface area contributed by atoms with Gasteiger partial charge in [0, 0.05) is 5.56 Å². The van der Waals surface area contributed by atoms with Gasteiger partial charge < -0.3 is 8.83 Å². The molecule has 29 heavy (non-hydrogen) atoms. The standard InChI is InChI=1S/C22H16N4O3/c1-13-3-6-15(7-4-13)21-25-18(10-23)22(29-21)26-24-11-16-12-28-19-8-5-14(2)9-17(19)20(16)27/h3-9,11-12,26H,1-2H3/b24-11-. The first kappa shape index (κ1) is 18.2. The first-order valence-electron chi connectivity index (χ1n) is 8.84. The van der Waals surface area contributed by atoms with Gasteiger partial charge in [0.2, 0.25) is 17.0 Å². The van der Waals surface area contributed by atoms with Crippen LogP contribution >= 0.6 is 0 Å². The summed E-state index contributed by atoms with van der Waals surface area (Å²) in [5, 5.41) is 13.8. The lowest BCUT2D eigenvalue weighted by molar-refractivity contribution is 0.587. The summed E-state index contributed by atoms with van der Waals surface area (Å²) in [6.45, 7) is 3.88. The monoisotopic (exact) mass is 384 g/mol. The Hall–Kier alpha value is -4.18. The van der Waals surface area contributed by atoms with Crippen molar-refractivity contribution in [1.29, 1.82) is 5.26 Å². The maximum atomic E-state index is 12.6. The summed E-state index contributed by atoms with van der Waals surface area (Å²) in [5.41, 5.74) is 6.10. The molecule has 7 heteroatoms. The molecule has 0 aliphatic rings. The summed E-state index contributed by atoms with van der Waals surface area (Å²) in [6, 6.07) is 14.9. The van der Waals surface area contributed by atoms with Gasteiger partial charge in [0.25, 0.3) is 5.88 Å². The third-order valence-electron chi connectivity index (χ3n) is 4.36. The van der Waals surface area contributed by atoms with Crippen LogP contribution in [0.15, 0.2) is 67.5 Å². The van der Waals surface area contributed by atoms with Gasteiger partial charge in [-0.15, -0.1) is 0 Å². The van der Waals surface area contributed by atoms with Gasteiger partial charge in [-0.1, -0.05) is 29.3 Å². The Morgan fingerprint density at radius 2 is 1.90 bits per heavy atom. The van der Waals surface area contributed by atoms with E-state index in [2.05, 4.69) is 15.5 Å². The van der Waals surface area contributed by atoms with Crippen molar-refractivity contribution >= 4 is 23.1 Å². The summed E-state index contributed by atoms with van der Waals surface area (Å²) >= 11 is 0. The van der Waals surface area contributed by atoms with E-state index in [4.69, 9.17) is 8.83 Å². The first-order chi connectivity index (χ1) is 14.0. The summed E-state index contributed by atoms with van der Waals surface area (Å²) in [7, 11) is 0. The Morgan fingerprint density at radius 3 is 2.66 bits per heavy atom. The van der Waals surface area contributed by atoms with E-state index in [1.54, 1.807) is 12.1 Å². The molecule has 2 heterocycles. The molecule has 0 aliphatic heterocycles. The lowest BCUT2D eigenvalue weighted by Gasteiger charge is -2.00. The van der Waals surface area contributed by atoms with Crippen LogP contribution in [0.2, 0.25) is 0 Å². The van der Waals surface area contributed by atoms with Crippen LogP contribution in [0.1, 0.15) is 22.4 Å². The average molecular weight is 384 g/mol. The van der Waals surface area contributed by atoms with Gasteiger partial charge in [-0.2, -0.15) is 15.3 Å². The number of nitrogens with one attached hydrogen (secondary N) is 1. The summed E-state index contributed by atoms with van der Waals surface area (Å²) in [6.07, 6.45) is 2.66. The van der Waals surface area contributed by atoms with Crippen LogP contribution in [0.3, 0.4) is 0 Å². The second-order valence-corrected chi connectivity index (χ2v) is 6.56. The van der Waals surface area contributed by atoms with E-state index in [1.807, 2.05) is 50.2 Å². The van der Waals surface area contributed by atoms with E-state index in [1.165, 1.54) is 12.5 Å². The Morgan fingerprint density at radius 1 is 1.14 bits per heavy atom. The minimum atomic E-state index is -0.195. The van der Waals surface area contributed by atoms with Gasteiger partial charge in [0.1, 0.15) is 17.9 Å². The largest absolute Gasteiger partial charge is 0.463 e. The van der Waals surface area contributed by atoms with E-state index in [0.717, 1.165) is 16.7 Å². The van der Waals surface area contributed by atoms with Crippen LogP contribution in [0.25, 0.3) is 22.4 Å². The number of nitrogens with zero attached hydrogens (tertiary/aromatic N) is 3. The quantitative estimate of drug-likeness (QED) is 0.413.